The summed E-state index contributed by atoms with van der Waals surface area (Å²) in [5, 5.41) is 3.89. The van der Waals surface area contributed by atoms with E-state index in [0.29, 0.717) is 9.90 Å². The van der Waals surface area contributed by atoms with Gasteiger partial charge in [0.15, 0.2) is 5.83 Å². The molecule has 1 aromatic heterocycles. The Bertz CT molecular complexity index is 639. The SMILES string of the molecule is O=S(CCC(F)=C(F)F)c1snnc1-c1ccccc1. The van der Waals surface area contributed by atoms with Crippen molar-refractivity contribution in [3.8, 4) is 11.3 Å². The molecule has 20 heavy (non-hydrogen) atoms. The summed E-state index contributed by atoms with van der Waals surface area (Å²) in [5.74, 6) is -1.76. The molecule has 0 saturated carbocycles. The highest BCUT2D eigenvalue weighted by molar-refractivity contribution is 7.87. The van der Waals surface area contributed by atoms with Gasteiger partial charge in [-0.3, -0.25) is 4.21 Å². The molecular weight excluding hydrogens is 309 g/mol. The summed E-state index contributed by atoms with van der Waals surface area (Å²) in [6.07, 6.45) is -2.94. The predicted molar refractivity (Wildman–Crippen MR) is 71.6 cm³/mol. The first-order chi connectivity index (χ1) is 9.59. The maximum atomic E-state index is 12.7. The fourth-order valence-electron chi connectivity index (χ4n) is 1.47. The Labute approximate surface area is 119 Å². The molecule has 0 bridgehead atoms. The molecule has 8 heteroatoms. The van der Waals surface area contributed by atoms with Crippen LogP contribution in [0.4, 0.5) is 13.2 Å². The summed E-state index contributed by atoms with van der Waals surface area (Å²) in [6.45, 7) is 0. The minimum absolute atomic E-state index is 0.229. The summed E-state index contributed by atoms with van der Waals surface area (Å²) in [6, 6.07) is 8.97. The third-order valence-corrected chi connectivity index (χ3v) is 4.91. The summed E-state index contributed by atoms with van der Waals surface area (Å²) < 4.78 is 52.7. The van der Waals surface area contributed by atoms with Crippen molar-refractivity contribution in [2.45, 2.75) is 10.6 Å². The van der Waals surface area contributed by atoms with E-state index in [-0.39, 0.29) is 5.75 Å². The van der Waals surface area contributed by atoms with Crippen molar-refractivity contribution in [2.24, 2.45) is 0 Å². The van der Waals surface area contributed by atoms with E-state index in [1.54, 1.807) is 24.3 Å². The van der Waals surface area contributed by atoms with E-state index in [9.17, 15) is 17.4 Å². The molecule has 2 aromatic rings. The number of nitrogens with zero attached hydrogens (tertiary/aromatic N) is 2. The molecule has 0 aliphatic rings. The Balaban J connectivity index is 2.17. The van der Waals surface area contributed by atoms with Crippen LogP contribution in [0, 0.1) is 0 Å². The van der Waals surface area contributed by atoms with Gasteiger partial charge in [0.05, 0.1) is 10.8 Å². The molecule has 0 radical (unpaired) electrons. The van der Waals surface area contributed by atoms with Gasteiger partial charge in [0, 0.05) is 17.7 Å². The zero-order valence-electron chi connectivity index (χ0n) is 10.1. The van der Waals surface area contributed by atoms with E-state index in [4.69, 9.17) is 0 Å². The maximum Gasteiger partial charge on any atom is 0.301 e. The van der Waals surface area contributed by atoms with Gasteiger partial charge in [-0.25, -0.2) is 4.39 Å². The van der Waals surface area contributed by atoms with E-state index < -0.39 is 29.1 Å². The number of benzene rings is 1. The minimum atomic E-state index is -2.37. The summed E-state index contributed by atoms with van der Waals surface area (Å²) in [5.41, 5.74) is 1.18. The molecule has 1 aromatic carbocycles. The van der Waals surface area contributed by atoms with Gasteiger partial charge in [-0.15, -0.1) is 5.10 Å². The average molecular weight is 318 g/mol. The lowest BCUT2D eigenvalue weighted by Gasteiger charge is -2.01. The Kier molecular flexibility index (Phi) is 5.02. The third-order valence-electron chi connectivity index (χ3n) is 2.42. The molecule has 1 unspecified atom stereocenters. The number of halogens is 3. The molecule has 1 heterocycles. The first-order valence-corrected chi connectivity index (χ1v) is 7.64. The molecule has 0 spiro atoms. The van der Waals surface area contributed by atoms with Crippen LogP contribution in [0.25, 0.3) is 11.3 Å². The van der Waals surface area contributed by atoms with Crippen LogP contribution < -0.4 is 0 Å². The van der Waals surface area contributed by atoms with Gasteiger partial charge in [-0.05, 0) is 11.5 Å². The van der Waals surface area contributed by atoms with Crippen LogP contribution in [0.2, 0.25) is 0 Å². The first kappa shape index (κ1) is 14.9. The molecule has 0 amide bonds. The van der Waals surface area contributed by atoms with Crippen LogP contribution in [-0.2, 0) is 10.8 Å². The number of hydrogen-bond acceptors (Lipinski definition) is 4. The molecule has 106 valence electrons. The van der Waals surface area contributed by atoms with Crippen molar-refractivity contribution in [3.63, 3.8) is 0 Å². The molecule has 0 aliphatic carbocycles. The standard InChI is InChI=1S/C12H9F3N2OS2/c13-9(11(14)15)6-7-20(18)12-10(16-17-19-12)8-4-2-1-3-5-8/h1-5H,6-7H2. The van der Waals surface area contributed by atoms with Gasteiger partial charge in [-0.2, -0.15) is 8.78 Å². The summed E-state index contributed by atoms with van der Waals surface area (Å²) in [4.78, 5) is 0. The second kappa shape index (κ2) is 6.76. The zero-order valence-corrected chi connectivity index (χ0v) is 11.7. The van der Waals surface area contributed by atoms with Crippen molar-refractivity contribution < 1.29 is 17.4 Å². The average Bonchev–Trinajstić information content (AvgIpc) is 2.94. The van der Waals surface area contributed by atoms with Crippen LogP contribution in [-0.4, -0.2) is 19.5 Å². The van der Waals surface area contributed by atoms with Gasteiger partial charge in [-0.1, -0.05) is 34.8 Å². The lowest BCUT2D eigenvalue weighted by atomic mass is 10.2. The molecule has 0 saturated heterocycles. The van der Waals surface area contributed by atoms with Gasteiger partial charge >= 0.3 is 6.08 Å². The summed E-state index contributed by atoms with van der Waals surface area (Å²) >= 11 is 0.925. The molecular formula is C12H9F3N2OS2. The molecule has 3 nitrogen and oxygen atoms in total. The highest BCUT2D eigenvalue weighted by Gasteiger charge is 2.17. The van der Waals surface area contributed by atoms with Gasteiger partial charge in [0.25, 0.3) is 0 Å². The topological polar surface area (TPSA) is 42.9 Å². The maximum absolute atomic E-state index is 12.7. The normalized spacial score (nSPS) is 12.2. The molecule has 0 fully saturated rings. The van der Waals surface area contributed by atoms with E-state index in [1.807, 2.05) is 6.07 Å². The van der Waals surface area contributed by atoms with E-state index in [2.05, 4.69) is 9.59 Å². The monoisotopic (exact) mass is 318 g/mol. The largest absolute Gasteiger partial charge is 0.301 e. The number of allylic oxidation sites excluding steroid dienone is 1. The van der Waals surface area contributed by atoms with Gasteiger partial charge in [0.1, 0.15) is 9.90 Å². The van der Waals surface area contributed by atoms with E-state index in [0.717, 1.165) is 17.1 Å². The fraction of sp³-hybridized carbons (Fsp3) is 0.167. The Morgan fingerprint density at radius 1 is 1.20 bits per heavy atom. The van der Waals surface area contributed by atoms with Crippen LogP contribution in [0.15, 0.2) is 46.4 Å². The van der Waals surface area contributed by atoms with Gasteiger partial charge < -0.3 is 0 Å². The van der Waals surface area contributed by atoms with Crippen LogP contribution in [0.5, 0.6) is 0 Å². The lowest BCUT2D eigenvalue weighted by molar-refractivity contribution is 0.373. The van der Waals surface area contributed by atoms with Crippen molar-refractivity contribution in [2.75, 3.05) is 5.75 Å². The van der Waals surface area contributed by atoms with E-state index in [1.165, 1.54) is 0 Å². The van der Waals surface area contributed by atoms with Crippen LogP contribution in [0.3, 0.4) is 0 Å². The molecule has 2 rings (SSSR count). The van der Waals surface area contributed by atoms with Crippen molar-refractivity contribution >= 4 is 22.3 Å². The van der Waals surface area contributed by atoms with Crippen molar-refractivity contribution in [1.82, 2.24) is 9.59 Å². The van der Waals surface area contributed by atoms with Crippen LogP contribution in [0.1, 0.15) is 6.42 Å². The minimum Gasteiger partial charge on any atom is -0.253 e. The zero-order chi connectivity index (χ0) is 14.5. The quantitative estimate of drug-likeness (QED) is 0.842. The number of aromatic nitrogens is 2. The third kappa shape index (κ3) is 3.51. The predicted octanol–water partition coefficient (Wildman–Crippen LogP) is 3.78. The smallest absolute Gasteiger partial charge is 0.253 e. The molecule has 0 N–H and O–H groups in total. The summed E-state index contributed by atoms with van der Waals surface area (Å²) in [7, 11) is -1.62. The van der Waals surface area contributed by atoms with E-state index >= 15 is 0 Å². The fourth-order valence-corrected chi connectivity index (χ4v) is 3.52. The second-order valence-corrected chi connectivity index (χ2v) is 6.26. The highest BCUT2D eigenvalue weighted by atomic mass is 32.2. The van der Waals surface area contributed by atoms with Crippen LogP contribution >= 0.6 is 11.5 Å². The van der Waals surface area contributed by atoms with Gasteiger partial charge in [0.2, 0.25) is 0 Å². The number of hydrogen-bond donors (Lipinski definition) is 0. The van der Waals surface area contributed by atoms with Crippen molar-refractivity contribution in [3.05, 3.63) is 42.2 Å². The second-order valence-electron chi connectivity index (χ2n) is 3.74. The van der Waals surface area contributed by atoms with Crippen molar-refractivity contribution in [1.29, 1.82) is 0 Å². The molecule has 1 atom stereocenters. The number of rotatable bonds is 5. The highest BCUT2D eigenvalue weighted by Crippen LogP contribution is 2.27. The Morgan fingerprint density at radius 2 is 1.90 bits per heavy atom. The Morgan fingerprint density at radius 3 is 2.55 bits per heavy atom. The Hall–Kier alpha value is -1.54. The molecule has 0 aliphatic heterocycles. The lowest BCUT2D eigenvalue weighted by Crippen LogP contribution is -1.98. The first-order valence-electron chi connectivity index (χ1n) is 5.55.